The smallest absolute Gasteiger partial charge is 0.417 e. The van der Waals surface area contributed by atoms with E-state index in [0.29, 0.717) is 36.4 Å². The van der Waals surface area contributed by atoms with Gasteiger partial charge in [0.1, 0.15) is 30.3 Å². The molecule has 8 heteroatoms. The molecule has 3 N–H and O–H groups in total. The molecule has 2 rings (SSSR count). The van der Waals surface area contributed by atoms with Crippen LogP contribution in [0.4, 0.5) is 0 Å². The fourth-order valence-electron chi connectivity index (χ4n) is 3.22. The molecule has 0 aliphatic heterocycles. The zero-order chi connectivity index (χ0) is 23.3. The average molecular weight is 446 g/mol. The molecule has 0 bridgehead atoms. The van der Waals surface area contributed by atoms with Gasteiger partial charge in [-0.05, 0) is 43.5 Å². The summed E-state index contributed by atoms with van der Waals surface area (Å²) in [4.78, 5) is 22.9. The second kappa shape index (κ2) is 13.3. The second-order valence-corrected chi connectivity index (χ2v) is 7.26. The fourth-order valence-corrected chi connectivity index (χ4v) is 3.22. The average Bonchev–Trinajstić information content (AvgIpc) is 2.80. The van der Waals surface area contributed by atoms with Crippen LogP contribution in [-0.2, 0) is 20.7 Å². The first-order chi connectivity index (χ1) is 15.5. The van der Waals surface area contributed by atoms with Crippen molar-refractivity contribution in [3.63, 3.8) is 0 Å². The molecule has 2 aromatic carbocycles. The number of carbonyl (C=O) groups is 2. The lowest BCUT2D eigenvalue weighted by molar-refractivity contribution is -0.168. The van der Waals surface area contributed by atoms with E-state index < -0.39 is 24.1 Å². The molecule has 2 aromatic rings. The quantitative estimate of drug-likeness (QED) is 0.245. The normalized spacial score (nSPS) is 12.6. The van der Waals surface area contributed by atoms with E-state index in [1.807, 2.05) is 31.2 Å². The molecule has 0 aliphatic rings. The van der Waals surface area contributed by atoms with Crippen LogP contribution in [0, 0.1) is 0 Å². The highest BCUT2D eigenvalue weighted by Gasteiger charge is 2.25. The molecule has 0 saturated heterocycles. The third kappa shape index (κ3) is 7.86. The van der Waals surface area contributed by atoms with Crippen LogP contribution in [0.25, 0.3) is 0 Å². The van der Waals surface area contributed by atoms with Crippen LogP contribution in [-0.4, -0.2) is 55.1 Å². The van der Waals surface area contributed by atoms with Gasteiger partial charge in [-0.1, -0.05) is 43.3 Å². The Balaban J connectivity index is 2.17. The van der Waals surface area contributed by atoms with Gasteiger partial charge in [-0.3, -0.25) is 0 Å². The highest BCUT2D eigenvalue weighted by Crippen LogP contribution is 2.32. The van der Waals surface area contributed by atoms with Crippen molar-refractivity contribution in [1.29, 1.82) is 0 Å². The summed E-state index contributed by atoms with van der Waals surface area (Å²) in [6, 6.07) is 14.4. The number of aliphatic hydroxyl groups excluding tert-OH is 1. The van der Waals surface area contributed by atoms with Gasteiger partial charge in [0.2, 0.25) is 0 Å². The zero-order valence-electron chi connectivity index (χ0n) is 18.5. The molecule has 0 amide bonds. The number of ether oxygens (including phenoxy) is 3. The van der Waals surface area contributed by atoms with Gasteiger partial charge < -0.3 is 29.7 Å². The summed E-state index contributed by atoms with van der Waals surface area (Å²) in [5, 5.41) is 22.3. The van der Waals surface area contributed by atoms with Crippen molar-refractivity contribution in [3.05, 3.63) is 59.7 Å². The van der Waals surface area contributed by atoms with E-state index in [1.165, 1.54) is 0 Å². The Hall–Kier alpha value is -3.10. The molecule has 32 heavy (non-hydrogen) atoms. The monoisotopic (exact) mass is 445 g/mol. The molecule has 2 atom stereocenters. The first-order valence-corrected chi connectivity index (χ1v) is 10.6. The van der Waals surface area contributed by atoms with Crippen molar-refractivity contribution < 1.29 is 34.0 Å². The van der Waals surface area contributed by atoms with E-state index in [0.717, 1.165) is 18.5 Å². The Bertz CT molecular complexity index is 871. The summed E-state index contributed by atoms with van der Waals surface area (Å²) in [5.41, 5.74) is 1.44. The van der Waals surface area contributed by atoms with Gasteiger partial charge in [0, 0.05) is 12.1 Å². The number of esters is 1. The van der Waals surface area contributed by atoms with Crippen molar-refractivity contribution in [1.82, 2.24) is 5.32 Å². The molecule has 0 aliphatic carbocycles. The lowest BCUT2D eigenvalue weighted by atomic mass is 9.99. The fraction of sp³-hybridized carbons (Fsp3) is 0.417. The molecule has 0 aromatic heterocycles. The summed E-state index contributed by atoms with van der Waals surface area (Å²) in [6.45, 7) is 3.26. The van der Waals surface area contributed by atoms with Crippen LogP contribution >= 0.6 is 0 Å². The zero-order valence-corrected chi connectivity index (χ0v) is 18.5. The number of hydrogen-bond acceptors (Lipinski definition) is 7. The Labute approximate surface area is 188 Å². The molecule has 0 saturated carbocycles. The maximum absolute atomic E-state index is 11.8. The Morgan fingerprint density at radius 2 is 1.75 bits per heavy atom. The largest absolute Gasteiger partial charge is 0.496 e. The SMILES string of the molecule is CCCNCC(O)COc1ccccc1C(CCc1ccccc1OC)OC(=O)C(=O)O. The summed E-state index contributed by atoms with van der Waals surface area (Å²) < 4.78 is 16.5. The molecular weight excluding hydrogens is 414 g/mol. The summed E-state index contributed by atoms with van der Waals surface area (Å²) in [6.07, 6.45) is 0.192. The highest BCUT2D eigenvalue weighted by atomic mass is 16.6. The van der Waals surface area contributed by atoms with Crippen molar-refractivity contribution in [2.45, 2.75) is 38.4 Å². The van der Waals surface area contributed by atoms with Crippen LogP contribution in [0.2, 0.25) is 0 Å². The van der Waals surface area contributed by atoms with E-state index in [2.05, 4.69) is 5.32 Å². The maximum Gasteiger partial charge on any atom is 0.417 e. The van der Waals surface area contributed by atoms with Gasteiger partial charge in [-0.25, -0.2) is 9.59 Å². The summed E-state index contributed by atoms with van der Waals surface area (Å²) in [5.74, 6) is -1.88. The van der Waals surface area contributed by atoms with Crippen molar-refractivity contribution >= 4 is 11.9 Å². The van der Waals surface area contributed by atoms with E-state index in [-0.39, 0.29) is 6.61 Å². The minimum atomic E-state index is -1.66. The third-order valence-corrected chi connectivity index (χ3v) is 4.80. The Kier molecular flexibility index (Phi) is 10.5. The minimum Gasteiger partial charge on any atom is -0.496 e. The Morgan fingerprint density at radius 1 is 1.06 bits per heavy atom. The number of hydrogen-bond donors (Lipinski definition) is 3. The van der Waals surface area contributed by atoms with Crippen LogP contribution in [0.1, 0.15) is 37.0 Å². The number of carbonyl (C=O) groups excluding carboxylic acids is 1. The van der Waals surface area contributed by atoms with Crippen LogP contribution in [0.3, 0.4) is 0 Å². The number of carboxylic acid groups (broad SMARTS) is 1. The lowest BCUT2D eigenvalue weighted by Crippen LogP contribution is -2.32. The molecule has 2 unspecified atom stereocenters. The molecule has 0 radical (unpaired) electrons. The molecule has 174 valence electrons. The van der Waals surface area contributed by atoms with E-state index in [9.17, 15) is 14.7 Å². The van der Waals surface area contributed by atoms with Crippen molar-refractivity contribution in [3.8, 4) is 11.5 Å². The first kappa shape index (κ1) is 25.2. The van der Waals surface area contributed by atoms with Crippen LogP contribution in [0.15, 0.2) is 48.5 Å². The number of rotatable bonds is 13. The van der Waals surface area contributed by atoms with Gasteiger partial charge in [0.15, 0.2) is 0 Å². The molecule has 8 nitrogen and oxygen atoms in total. The molecule has 0 heterocycles. The predicted octanol–water partition coefficient (Wildman–Crippen LogP) is 2.74. The maximum atomic E-state index is 11.8. The van der Waals surface area contributed by atoms with Crippen molar-refractivity contribution in [2.75, 3.05) is 26.8 Å². The predicted molar refractivity (Wildman–Crippen MR) is 119 cm³/mol. The molecular formula is C24H31NO7. The number of aliphatic carboxylic acids is 1. The lowest BCUT2D eigenvalue weighted by Gasteiger charge is -2.22. The van der Waals surface area contributed by atoms with Crippen LogP contribution in [0.5, 0.6) is 11.5 Å². The molecule has 0 spiro atoms. The van der Waals surface area contributed by atoms with Gasteiger partial charge in [0.05, 0.1) is 7.11 Å². The number of para-hydroxylation sites is 2. The standard InChI is InChI=1S/C24H31NO7/c1-3-14-25-15-18(26)16-31-21-11-7-5-9-19(21)22(32-24(29)23(27)28)13-12-17-8-4-6-10-20(17)30-2/h4-11,18,22,25-26H,3,12-16H2,1-2H3,(H,27,28). The number of aliphatic hydroxyl groups is 1. The van der Waals surface area contributed by atoms with Crippen molar-refractivity contribution in [2.24, 2.45) is 0 Å². The Morgan fingerprint density at radius 3 is 2.44 bits per heavy atom. The number of nitrogens with one attached hydrogen (secondary N) is 1. The van der Waals surface area contributed by atoms with E-state index in [4.69, 9.17) is 19.3 Å². The first-order valence-electron chi connectivity index (χ1n) is 10.6. The van der Waals surface area contributed by atoms with Gasteiger partial charge in [-0.2, -0.15) is 0 Å². The number of methoxy groups -OCH3 is 1. The topological polar surface area (TPSA) is 114 Å². The number of benzene rings is 2. The van der Waals surface area contributed by atoms with Crippen LogP contribution < -0.4 is 14.8 Å². The number of aryl methyl sites for hydroxylation is 1. The highest BCUT2D eigenvalue weighted by molar-refractivity contribution is 6.28. The molecule has 0 fully saturated rings. The summed E-state index contributed by atoms with van der Waals surface area (Å²) in [7, 11) is 1.57. The third-order valence-electron chi connectivity index (χ3n) is 4.80. The van der Waals surface area contributed by atoms with Gasteiger partial charge in [-0.15, -0.1) is 0 Å². The van der Waals surface area contributed by atoms with E-state index in [1.54, 1.807) is 31.4 Å². The van der Waals surface area contributed by atoms with Gasteiger partial charge in [0.25, 0.3) is 0 Å². The van der Waals surface area contributed by atoms with Gasteiger partial charge >= 0.3 is 11.9 Å². The summed E-state index contributed by atoms with van der Waals surface area (Å²) >= 11 is 0. The minimum absolute atomic E-state index is 0.0415. The van der Waals surface area contributed by atoms with E-state index >= 15 is 0 Å². The number of carboxylic acids is 1. The second-order valence-electron chi connectivity index (χ2n) is 7.26.